The first kappa shape index (κ1) is 14.4. The van der Waals surface area contributed by atoms with Crippen molar-refractivity contribution in [3.63, 3.8) is 0 Å². The molecule has 0 saturated carbocycles. The standard InChI is InChI=1S/C14H11BrClF2N/c15-11-3-2-10(17)5-9(11)7-14(19)8-1-4-13(18)12(16)6-8/h1-6,14H,7,19H2. The summed E-state index contributed by atoms with van der Waals surface area (Å²) in [6.07, 6.45) is 0.431. The molecule has 100 valence electrons. The normalized spacial score (nSPS) is 12.5. The third-order valence-corrected chi connectivity index (χ3v) is 3.88. The van der Waals surface area contributed by atoms with Crippen LogP contribution in [-0.2, 0) is 6.42 Å². The van der Waals surface area contributed by atoms with Crippen LogP contribution in [0.2, 0.25) is 5.02 Å². The van der Waals surface area contributed by atoms with Gasteiger partial charge in [0, 0.05) is 10.5 Å². The molecule has 19 heavy (non-hydrogen) atoms. The zero-order valence-corrected chi connectivity index (χ0v) is 12.2. The van der Waals surface area contributed by atoms with Crippen LogP contribution in [-0.4, -0.2) is 0 Å². The Labute approximate surface area is 123 Å². The van der Waals surface area contributed by atoms with Gasteiger partial charge in [0.05, 0.1) is 5.02 Å². The van der Waals surface area contributed by atoms with Crippen molar-refractivity contribution in [1.29, 1.82) is 0 Å². The van der Waals surface area contributed by atoms with E-state index in [4.69, 9.17) is 17.3 Å². The molecule has 0 aliphatic carbocycles. The van der Waals surface area contributed by atoms with Crippen LogP contribution in [0, 0.1) is 11.6 Å². The summed E-state index contributed by atoms with van der Waals surface area (Å²) in [6, 6.07) is 8.40. The molecule has 0 aromatic heterocycles. The summed E-state index contributed by atoms with van der Waals surface area (Å²) in [7, 11) is 0. The van der Waals surface area contributed by atoms with Gasteiger partial charge >= 0.3 is 0 Å². The summed E-state index contributed by atoms with van der Waals surface area (Å²) in [6.45, 7) is 0. The molecule has 2 rings (SSSR count). The number of hydrogen-bond acceptors (Lipinski definition) is 1. The summed E-state index contributed by atoms with van der Waals surface area (Å²) in [4.78, 5) is 0. The zero-order chi connectivity index (χ0) is 14.0. The first-order valence-corrected chi connectivity index (χ1v) is 6.79. The molecule has 2 aromatic carbocycles. The summed E-state index contributed by atoms with van der Waals surface area (Å²) in [5.74, 6) is -0.799. The first-order valence-electron chi connectivity index (χ1n) is 5.62. The van der Waals surface area contributed by atoms with E-state index in [0.717, 1.165) is 10.0 Å². The van der Waals surface area contributed by atoms with Crippen LogP contribution in [0.4, 0.5) is 8.78 Å². The number of hydrogen-bond donors (Lipinski definition) is 1. The average Bonchev–Trinajstić information content (AvgIpc) is 2.37. The Hall–Kier alpha value is -0.970. The Kier molecular flexibility index (Phi) is 4.55. The van der Waals surface area contributed by atoms with Gasteiger partial charge in [-0.1, -0.05) is 33.6 Å². The highest BCUT2D eigenvalue weighted by Crippen LogP contribution is 2.25. The van der Waals surface area contributed by atoms with E-state index in [0.29, 0.717) is 12.0 Å². The highest BCUT2D eigenvalue weighted by atomic mass is 79.9. The Morgan fingerprint density at radius 3 is 2.58 bits per heavy atom. The van der Waals surface area contributed by atoms with Crippen LogP contribution in [0.3, 0.4) is 0 Å². The van der Waals surface area contributed by atoms with E-state index in [-0.39, 0.29) is 16.9 Å². The minimum atomic E-state index is -0.482. The second kappa shape index (κ2) is 5.99. The molecule has 0 saturated heterocycles. The maximum Gasteiger partial charge on any atom is 0.141 e. The van der Waals surface area contributed by atoms with Gasteiger partial charge in [-0.3, -0.25) is 0 Å². The Bertz CT molecular complexity index is 604. The predicted octanol–water partition coefficient (Wildman–Crippen LogP) is 4.62. The number of nitrogens with two attached hydrogens (primary N) is 1. The second-order valence-corrected chi connectivity index (χ2v) is 5.48. The molecule has 0 heterocycles. The minimum absolute atomic E-state index is 0.0336. The van der Waals surface area contributed by atoms with Gasteiger partial charge in [0.1, 0.15) is 11.6 Å². The van der Waals surface area contributed by atoms with Gasteiger partial charge in [-0.25, -0.2) is 8.78 Å². The fourth-order valence-electron chi connectivity index (χ4n) is 1.80. The summed E-state index contributed by atoms with van der Waals surface area (Å²) in [5, 5.41) is 0.0336. The van der Waals surface area contributed by atoms with Crippen molar-refractivity contribution < 1.29 is 8.78 Å². The Morgan fingerprint density at radius 2 is 1.89 bits per heavy atom. The molecule has 1 nitrogen and oxygen atoms in total. The summed E-state index contributed by atoms with van der Waals surface area (Å²) in [5.41, 5.74) is 7.51. The van der Waals surface area contributed by atoms with Crippen molar-refractivity contribution in [2.24, 2.45) is 5.73 Å². The lowest BCUT2D eigenvalue weighted by molar-refractivity contribution is 0.619. The lowest BCUT2D eigenvalue weighted by atomic mass is 9.99. The monoisotopic (exact) mass is 345 g/mol. The van der Waals surface area contributed by atoms with E-state index in [9.17, 15) is 8.78 Å². The van der Waals surface area contributed by atoms with Crippen molar-refractivity contribution in [3.8, 4) is 0 Å². The van der Waals surface area contributed by atoms with Crippen molar-refractivity contribution in [2.75, 3.05) is 0 Å². The molecular formula is C14H11BrClF2N. The van der Waals surface area contributed by atoms with Gasteiger partial charge in [0.25, 0.3) is 0 Å². The highest BCUT2D eigenvalue weighted by Gasteiger charge is 2.12. The molecule has 0 fully saturated rings. The smallest absolute Gasteiger partial charge is 0.141 e. The van der Waals surface area contributed by atoms with Crippen LogP contribution < -0.4 is 5.73 Å². The Morgan fingerprint density at radius 1 is 1.16 bits per heavy atom. The fraction of sp³-hybridized carbons (Fsp3) is 0.143. The van der Waals surface area contributed by atoms with Gasteiger partial charge in [0.2, 0.25) is 0 Å². The predicted molar refractivity (Wildman–Crippen MR) is 76.1 cm³/mol. The van der Waals surface area contributed by atoms with E-state index in [1.165, 1.54) is 24.3 Å². The molecule has 0 aliphatic heterocycles. The number of benzene rings is 2. The third kappa shape index (κ3) is 3.53. The minimum Gasteiger partial charge on any atom is -0.324 e. The molecule has 1 atom stereocenters. The molecule has 2 N–H and O–H groups in total. The number of halogens is 4. The van der Waals surface area contributed by atoms with Crippen LogP contribution >= 0.6 is 27.5 Å². The SMILES string of the molecule is NC(Cc1cc(F)ccc1Br)c1ccc(F)c(Cl)c1. The van der Waals surface area contributed by atoms with Crippen LogP contribution in [0.25, 0.3) is 0 Å². The summed E-state index contributed by atoms with van der Waals surface area (Å²) < 4.78 is 27.1. The van der Waals surface area contributed by atoms with Crippen molar-refractivity contribution in [3.05, 3.63) is 68.7 Å². The molecule has 0 aliphatic rings. The topological polar surface area (TPSA) is 26.0 Å². The van der Waals surface area contributed by atoms with Crippen molar-refractivity contribution in [1.82, 2.24) is 0 Å². The summed E-state index contributed by atoms with van der Waals surface area (Å²) >= 11 is 9.07. The zero-order valence-electron chi connectivity index (χ0n) is 9.84. The lowest BCUT2D eigenvalue weighted by Gasteiger charge is -2.14. The average molecular weight is 347 g/mol. The molecular weight excluding hydrogens is 336 g/mol. The largest absolute Gasteiger partial charge is 0.324 e. The maximum atomic E-state index is 13.2. The van der Waals surface area contributed by atoms with E-state index < -0.39 is 5.82 Å². The second-order valence-electron chi connectivity index (χ2n) is 4.22. The van der Waals surface area contributed by atoms with Crippen LogP contribution in [0.5, 0.6) is 0 Å². The molecule has 0 spiro atoms. The van der Waals surface area contributed by atoms with E-state index in [1.807, 2.05) is 0 Å². The molecule has 5 heteroatoms. The third-order valence-electron chi connectivity index (χ3n) is 2.82. The van der Waals surface area contributed by atoms with Crippen molar-refractivity contribution in [2.45, 2.75) is 12.5 Å². The Balaban J connectivity index is 2.22. The van der Waals surface area contributed by atoms with Gasteiger partial charge < -0.3 is 5.73 Å². The highest BCUT2D eigenvalue weighted by molar-refractivity contribution is 9.10. The van der Waals surface area contributed by atoms with Gasteiger partial charge in [-0.05, 0) is 47.9 Å². The van der Waals surface area contributed by atoms with Gasteiger partial charge in [-0.2, -0.15) is 0 Å². The molecule has 0 radical (unpaired) electrons. The van der Waals surface area contributed by atoms with Gasteiger partial charge in [0.15, 0.2) is 0 Å². The molecule has 1 unspecified atom stereocenters. The van der Waals surface area contributed by atoms with E-state index in [2.05, 4.69) is 15.9 Å². The maximum absolute atomic E-state index is 13.2. The quantitative estimate of drug-likeness (QED) is 0.862. The van der Waals surface area contributed by atoms with E-state index in [1.54, 1.807) is 12.1 Å². The fourth-order valence-corrected chi connectivity index (χ4v) is 2.40. The first-order chi connectivity index (χ1) is 8.97. The van der Waals surface area contributed by atoms with Crippen LogP contribution in [0.15, 0.2) is 40.9 Å². The lowest BCUT2D eigenvalue weighted by Crippen LogP contribution is -2.14. The van der Waals surface area contributed by atoms with Gasteiger partial charge in [-0.15, -0.1) is 0 Å². The molecule has 2 aromatic rings. The van der Waals surface area contributed by atoms with Crippen LogP contribution in [0.1, 0.15) is 17.2 Å². The molecule has 0 amide bonds. The molecule has 0 bridgehead atoms. The number of rotatable bonds is 3. The van der Waals surface area contributed by atoms with E-state index >= 15 is 0 Å². The van der Waals surface area contributed by atoms with Crippen molar-refractivity contribution >= 4 is 27.5 Å².